The summed E-state index contributed by atoms with van der Waals surface area (Å²) >= 11 is 0. The average molecular weight is 251 g/mol. The van der Waals surface area contributed by atoms with Crippen molar-refractivity contribution in [1.82, 2.24) is 0 Å². The van der Waals surface area contributed by atoms with Gasteiger partial charge in [0.15, 0.2) is 0 Å². The van der Waals surface area contributed by atoms with Crippen LogP contribution in [0.15, 0.2) is 30.3 Å². The van der Waals surface area contributed by atoms with Gasteiger partial charge in [-0.05, 0) is 5.56 Å². The number of amides is 1. The fourth-order valence-corrected chi connectivity index (χ4v) is 1.12. The number of esters is 1. The summed E-state index contributed by atoms with van der Waals surface area (Å²) in [6, 6.07) is 8.95. The molecule has 0 saturated carbocycles. The number of hydrogen-bond acceptors (Lipinski definition) is 5. The molecule has 0 aliphatic heterocycles. The molecule has 0 unspecified atom stereocenters. The van der Waals surface area contributed by atoms with Crippen molar-refractivity contribution in [2.24, 2.45) is 5.73 Å². The van der Waals surface area contributed by atoms with E-state index in [0.717, 1.165) is 5.56 Å². The number of hydrogen-bond donors (Lipinski definition) is 1. The lowest BCUT2D eigenvalue weighted by Crippen LogP contribution is -2.17. The monoisotopic (exact) mass is 251 g/mol. The van der Waals surface area contributed by atoms with Gasteiger partial charge in [-0.2, -0.15) is 0 Å². The minimum atomic E-state index is -1.09. The molecule has 1 aromatic rings. The van der Waals surface area contributed by atoms with Crippen LogP contribution < -0.4 is 5.73 Å². The van der Waals surface area contributed by atoms with E-state index in [0.29, 0.717) is 0 Å². The van der Waals surface area contributed by atoms with Gasteiger partial charge in [0.05, 0.1) is 6.42 Å². The quantitative estimate of drug-likeness (QED) is 0.625. The fourth-order valence-electron chi connectivity index (χ4n) is 1.12. The zero-order valence-electron chi connectivity index (χ0n) is 9.63. The van der Waals surface area contributed by atoms with Crippen LogP contribution in [-0.4, -0.2) is 18.0 Å². The van der Waals surface area contributed by atoms with Crippen LogP contribution in [0.4, 0.5) is 4.79 Å². The van der Waals surface area contributed by atoms with E-state index >= 15 is 0 Å². The van der Waals surface area contributed by atoms with E-state index in [4.69, 9.17) is 10.5 Å². The Hall–Kier alpha value is -2.37. The zero-order valence-corrected chi connectivity index (χ0v) is 9.63. The second kappa shape index (κ2) is 7.05. The Balaban J connectivity index is 2.25. The molecule has 0 spiro atoms. The second-order valence-corrected chi connectivity index (χ2v) is 3.46. The van der Waals surface area contributed by atoms with Gasteiger partial charge in [0.25, 0.3) is 0 Å². The highest BCUT2D eigenvalue weighted by atomic mass is 16.7. The molecule has 1 rings (SSSR count). The Morgan fingerprint density at radius 2 is 1.72 bits per heavy atom. The van der Waals surface area contributed by atoms with Crippen molar-refractivity contribution >= 4 is 18.0 Å². The van der Waals surface area contributed by atoms with Gasteiger partial charge in [0, 0.05) is 6.42 Å². The summed E-state index contributed by atoms with van der Waals surface area (Å²) in [6.45, 7) is 0.0166. The molecule has 2 N–H and O–H groups in total. The smallest absolute Gasteiger partial charge is 0.429 e. The van der Waals surface area contributed by atoms with Crippen molar-refractivity contribution in [2.45, 2.75) is 19.4 Å². The molecule has 1 amide bonds. The van der Waals surface area contributed by atoms with Crippen LogP contribution in [0.2, 0.25) is 0 Å². The van der Waals surface area contributed by atoms with Crippen LogP contribution >= 0.6 is 0 Å². The molecular weight excluding hydrogens is 238 g/mol. The fraction of sp³-hybridized carbons (Fsp3) is 0.250. The van der Waals surface area contributed by atoms with Crippen molar-refractivity contribution in [3.05, 3.63) is 35.9 Å². The normalized spacial score (nSPS) is 9.56. The van der Waals surface area contributed by atoms with E-state index in [9.17, 15) is 14.4 Å². The van der Waals surface area contributed by atoms with Crippen LogP contribution in [0, 0.1) is 0 Å². The highest BCUT2D eigenvalue weighted by molar-refractivity contribution is 5.85. The Kier molecular flexibility index (Phi) is 5.37. The number of nitrogens with two attached hydrogens (primary N) is 1. The minimum Gasteiger partial charge on any atom is -0.429 e. The van der Waals surface area contributed by atoms with E-state index in [1.165, 1.54) is 0 Å². The van der Waals surface area contributed by atoms with Gasteiger partial charge in [-0.15, -0.1) is 0 Å². The lowest BCUT2D eigenvalue weighted by atomic mass is 10.2. The highest BCUT2D eigenvalue weighted by Gasteiger charge is 2.12. The molecule has 1 aromatic carbocycles. The predicted molar refractivity (Wildman–Crippen MR) is 61.1 cm³/mol. The van der Waals surface area contributed by atoms with Crippen LogP contribution in [0.1, 0.15) is 18.4 Å². The maximum Gasteiger partial charge on any atom is 0.516 e. The summed E-state index contributed by atoms with van der Waals surface area (Å²) in [5, 5.41) is 0. The Labute approximate surface area is 104 Å². The van der Waals surface area contributed by atoms with Gasteiger partial charge in [-0.25, -0.2) is 4.79 Å². The van der Waals surface area contributed by atoms with Crippen LogP contribution in [0.5, 0.6) is 0 Å². The predicted octanol–water partition coefficient (Wildman–Crippen LogP) is 1.13. The van der Waals surface area contributed by atoms with E-state index in [1.807, 2.05) is 6.07 Å². The summed E-state index contributed by atoms with van der Waals surface area (Å²) in [5.74, 6) is -1.48. The summed E-state index contributed by atoms with van der Waals surface area (Å²) in [4.78, 5) is 32.5. The lowest BCUT2D eigenvalue weighted by molar-refractivity contribution is -0.141. The van der Waals surface area contributed by atoms with Crippen molar-refractivity contribution in [2.75, 3.05) is 0 Å². The van der Waals surface area contributed by atoms with Gasteiger partial charge < -0.3 is 15.2 Å². The lowest BCUT2D eigenvalue weighted by Gasteiger charge is -2.04. The van der Waals surface area contributed by atoms with Crippen LogP contribution in [0.25, 0.3) is 0 Å². The van der Waals surface area contributed by atoms with Gasteiger partial charge in [-0.3, -0.25) is 9.59 Å². The Morgan fingerprint density at radius 1 is 1.06 bits per heavy atom. The third-order valence-electron chi connectivity index (χ3n) is 1.97. The molecular formula is C12H13NO5. The molecule has 0 fully saturated rings. The summed E-state index contributed by atoms with van der Waals surface area (Å²) in [5.41, 5.74) is 5.62. The number of rotatable bonds is 5. The highest BCUT2D eigenvalue weighted by Crippen LogP contribution is 2.02. The number of benzene rings is 1. The molecule has 0 aliphatic carbocycles. The Morgan fingerprint density at radius 3 is 2.33 bits per heavy atom. The molecule has 18 heavy (non-hydrogen) atoms. The molecule has 0 bridgehead atoms. The number of ether oxygens (including phenoxy) is 2. The van der Waals surface area contributed by atoms with E-state index in [-0.39, 0.29) is 19.4 Å². The molecule has 6 nitrogen and oxygen atoms in total. The average Bonchev–Trinajstić information content (AvgIpc) is 2.35. The molecule has 6 heteroatoms. The van der Waals surface area contributed by atoms with Gasteiger partial charge in [0.1, 0.15) is 6.61 Å². The zero-order chi connectivity index (χ0) is 13.4. The molecule has 0 heterocycles. The first-order valence-corrected chi connectivity index (χ1v) is 5.27. The standard InChI is InChI=1S/C12H13NO5/c13-10(14)6-7-11(15)18-12(16)17-8-9-4-2-1-3-5-9/h1-5H,6-8H2,(H2,13,14). The molecule has 0 atom stereocenters. The topological polar surface area (TPSA) is 95.7 Å². The van der Waals surface area contributed by atoms with Crippen LogP contribution in [-0.2, 0) is 25.7 Å². The third-order valence-corrected chi connectivity index (χ3v) is 1.97. The first-order chi connectivity index (χ1) is 8.58. The summed E-state index contributed by atoms with van der Waals surface area (Å²) in [7, 11) is 0. The van der Waals surface area contributed by atoms with Gasteiger partial charge in [0.2, 0.25) is 5.91 Å². The van der Waals surface area contributed by atoms with Crippen molar-refractivity contribution in [3.8, 4) is 0 Å². The summed E-state index contributed by atoms with van der Waals surface area (Å²) in [6.07, 6.45) is -1.49. The molecule has 0 aromatic heterocycles. The molecule has 0 saturated heterocycles. The number of carbonyl (C=O) groups is 3. The second-order valence-electron chi connectivity index (χ2n) is 3.46. The van der Waals surface area contributed by atoms with E-state index < -0.39 is 18.0 Å². The third kappa shape index (κ3) is 5.64. The number of primary amides is 1. The van der Waals surface area contributed by atoms with E-state index in [2.05, 4.69) is 4.74 Å². The SMILES string of the molecule is NC(=O)CCC(=O)OC(=O)OCc1ccccc1. The summed E-state index contributed by atoms with van der Waals surface area (Å²) < 4.78 is 9.02. The minimum absolute atomic E-state index is 0.0166. The van der Waals surface area contributed by atoms with Gasteiger partial charge >= 0.3 is 12.1 Å². The Bertz CT molecular complexity index is 429. The first kappa shape index (κ1) is 13.7. The molecule has 0 aliphatic rings. The first-order valence-electron chi connectivity index (χ1n) is 5.27. The number of carbonyl (C=O) groups excluding carboxylic acids is 3. The molecule has 96 valence electrons. The molecule has 0 radical (unpaired) electrons. The maximum atomic E-state index is 11.1. The van der Waals surface area contributed by atoms with Crippen molar-refractivity contribution < 1.29 is 23.9 Å². The van der Waals surface area contributed by atoms with E-state index in [1.54, 1.807) is 24.3 Å². The van der Waals surface area contributed by atoms with Crippen LogP contribution in [0.3, 0.4) is 0 Å². The van der Waals surface area contributed by atoms with Crippen molar-refractivity contribution in [3.63, 3.8) is 0 Å². The maximum absolute atomic E-state index is 11.1. The van der Waals surface area contributed by atoms with Crippen molar-refractivity contribution in [1.29, 1.82) is 0 Å². The van der Waals surface area contributed by atoms with Gasteiger partial charge in [-0.1, -0.05) is 30.3 Å². The largest absolute Gasteiger partial charge is 0.516 e.